The van der Waals surface area contributed by atoms with E-state index in [2.05, 4.69) is 11.8 Å². The van der Waals surface area contributed by atoms with Crippen molar-refractivity contribution in [2.45, 2.75) is 6.61 Å². The molecule has 0 amide bonds. The summed E-state index contributed by atoms with van der Waals surface area (Å²) in [5, 5.41) is 9.07. The number of hydrogen-bond acceptors (Lipinski definition) is 2. The molecule has 0 saturated heterocycles. The highest BCUT2D eigenvalue weighted by Gasteiger charge is 2.07. The zero-order valence-electron chi connectivity index (χ0n) is 10.9. The van der Waals surface area contributed by atoms with Crippen molar-refractivity contribution in [3.05, 3.63) is 64.2 Å². The molecule has 1 N–H and O–H groups in total. The van der Waals surface area contributed by atoms with Crippen LogP contribution in [0.15, 0.2) is 36.4 Å². The van der Waals surface area contributed by atoms with Gasteiger partial charge in [0.25, 0.3) is 0 Å². The van der Waals surface area contributed by atoms with E-state index >= 15 is 0 Å². The Morgan fingerprint density at radius 1 is 1.10 bits per heavy atom. The van der Waals surface area contributed by atoms with Crippen LogP contribution in [0.2, 0.25) is 5.02 Å². The fourth-order valence-electron chi connectivity index (χ4n) is 1.67. The van der Waals surface area contributed by atoms with Crippen LogP contribution in [0.25, 0.3) is 0 Å². The summed E-state index contributed by atoms with van der Waals surface area (Å²) < 4.78 is 31.9. The highest BCUT2D eigenvalue weighted by molar-refractivity contribution is 6.31. The van der Waals surface area contributed by atoms with Crippen LogP contribution >= 0.6 is 11.6 Å². The predicted octanol–water partition coefficient (Wildman–Crippen LogP) is 3.54. The van der Waals surface area contributed by atoms with Gasteiger partial charge in [-0.1, -0.05) is 23.4 Å². The monoisotopic (exact) mass is 308 g/mol. The molecule has 2 aromatic rings. The van der Waals surface area contributed by atoms with Crippen LogP contribution in [0.4, 0.5) is 8.78 Å². The number of rotatable bonds is 3. The topological polar surface area (TPSA) is 29.5 Å². The summed E-state index contributed by atoms with van der Waals surface area (Å²) in [6.45, 7) is -0.318. The van der Waals surface area contributed by atoms with E-state index in [0.29, 0.717) is 21.9 Å². The maximum atomic E-state index is 13.2. The van der Waals surface area contributed by atoms with Crippen molar-refractivity contribution < 1.29 is 18.6 Å². The summed E-state index contributed by atoms with van der Waals surface area (Å²) in [4.78, 5) is 0. The van der Waals surface area contributed by atoms with Gasteiger partial charge in [-0.05, 0) is 36.4 Å². The van der Waals surface area contributed by atoms with E-state index in [1.807, 2.05) is 0 Å². The Morgan fingerprint density at radius 2 is 1.81 bits per heavy atom. The molecule has 0 aliphatic rings. The second kappa shape index (κ2) is 7.07. The molecule has 0 fully saturated rings. The SMILES string of the molecule is OCC#Cc1cc(F)ccc1OCc1cc(F)ccc1Cl. The Kier molecular flexibility index (Phi) is 5.15. The number of benzene rings is 2. The summed E-state index contributed by atoms with van der Waals surface area (Å²) in [6, 6.07) is 7.81. The van der Waals surface area contributed by atoms with Gasteiger partial charge in [-0.15, -0.1) is 0 Å². The van der Waals surface area contributed by atoms with Crippen molar-refractivity contribution in [2.24, 2.45) is 0 Å². The molecule has 0 saturated carbocycles. The molecule has 0 heterocycles. The van der Waals surface area contributed by atoms with E-state index in [-0.39, 0.29) is 13.2 Å². The first-order valence-electron chi connectivity index (χ1n) is 6.06. The average Bonchev–Trinajstić information content (AvgIpc) is 2.47. The van der Waals surface area contributed by atoms with Gasteiger partial charge >= 0.3 is 0 Å². The van der Waals surface area contributed by atoms with E-state index < -0.39 is 11.6 Å². The van der Waals surface area contributed by atoms with E-state index in [1.54, 1.807) is 0 Å². The van der Waals surface area contributed by atoms with Crippen LogP contribution in [0.3, 0.4) is 0 Å². The van der Waals surface area contributed by atoms with Crippen molar-refractivity contribution in [2.75, 3.05) is 6.61 Å². The second-order valence-electron chi connectivity index (χ2n) is 4.12. The third-order valence-electron chi connectivity index (χ3n) is 2.63. The quantitative estimate of drug-likeness (QED) is 0.879. The molecule has 2 aromatic carbocycles. The highest BCUT2D eigenvalue weighted by atomic mass is 35.5. The molecule has 0 radical (unpaired) electrons. The number of aliphatic hydroxyl groups excluding tert-OH is 1. The fourth-order valence-corrected chi connectivity index (χ4v) is 1.84. The lowest BCUT2D eigenvalue weighted by atomic mass is 10.2. The molecule has 0 unspecified atom stereocenters. The van der Waals surface area contributed by atoms with Crippen molar-refractivity contribution in [1.29, 1.82) is 0 Å². The first kappa shape index (κ1) is 15.3. The van der Waals surface area contributed by atoms with Gasteiger partial charge in [0.1, 0.15) is 30.6 Å². The van der Waals surface area contributed by atoms with E-state index in [4.69, 9.17) is 21.4 Å². The van der Waals surface area contributed by atoms with Gasteiger partial charge in [0.15, 0.2) is 0 Å². The molecule has 0 aliphatic carbocycles. The molecule has 2 nitrogen and oxygen atoms in total. The van der Waals surface area contributed by atoms with Crippen molar-refractivity contribution in [1.82, 2.24) is 0 Å². The third-order valence-corrected chi connectivity index (χ3v) is 3.00. The Labute approximate surface area is 125 Å². The minimum Gasteiger partial charge on any atom is -0.488 e. The maximum absolute atomic E-state index is 13.2. The molecule has 0 spiro atoms. The zero-order chi connectivity index (χ0) is 15.2. The molecule has 2 rings (SSSR count). The molecule has 0 aromatic heterocycles. The standard InChI is InChI=1S/C16H11ClF2O2/c17-15-5-3-13(18)9-12(15)10-21-16-6-4-14(19)8-11(16)2-1-7-20/h3-6,8-9,20H,7,10H2. The first-order chi connectivity index (χ1) is 10.1. The largest absolute Gasteiger partial charge is 0.488 e. The lowest BCUT2D eigenvalue weighted by Crippen LogP contribution is -1.99. The van der Waals surface area contributed by atoms with Gasteiger partial charge in [-0.25, -0.2) is 8.78 Å². The highest BCUT2D eigenvalue weighted by Crippen LogP contribution is 2.23. The van der Waals surface area contributed by atoms with E-state index in [1.165, 1.54) is 36.4 Å². The van der Waals surface area contributed by atoms with E-state index in [0.717, 1.165) is 0 Å². The van der Waals surface area contributed by atoms with Crippen LogP contribution in [-0.4, -0.2) is 11.7 Å². The van der Waals surface area contributed by atoms with Crippen molar-refractivity contribution >= 4 is 11.6 Å². The molecular formula is C16H11ClF2O2. The third kappa shape index (κ3) is 4.19. The zero-order valence-corrected chi connectivity index (χ0v) is 11.6. The summed E-state index contributed by atoms with van der Waals surface area (Å²) >= 11 is 5.94. The molecule has 108 valence electrons. The van der Waals surface area contributed by atoms with Gasteiger partial charge in [0, 0.05) is 10.6 Å². The number of hydrogen-bond donors (Lipinski definition) is 1. The van der Waals surface area contributed by atoms with Crippen LogP contribution in [-0.2, 0) is 6.61 Å². The minimum atomic E-state index is -0.464. The van der Waals surface area contributed by atoms with Gasteiger partial charge in [-0.3, -0.25) is 0 Å². The van der Waals surface area contributed by atoms with Crippen LogP contribution < -0.4 is 4.74 Å². The van der Waals surface area contributed by atoms with Crippen LogP contribution in [0.1, 0.15) is 11.1 Å². The second-order valence-corrected chi connectivity index (χ2v) is 4.53. The molecule has 0 aliphatic heterocycles. The van der Waals surface area contributed by atoms with Crippen molar-refractivity contribution in [3.63, 3.8) is 0 Å². The number of halogens is 3. The number of ether oxygens (including phenoxy) is 1. The predicted molar refractivity (Wildman–Crippen MR) is 76.1 cm³/mol. The first-order valence-corrected chi connectivity index (χ1v) is 6.44. The molecular weight excluding hydrogens is 298 g/mol. The molecule has 21 heavy (non-hydrogen) atoms. The van der Waals surface area contributed by atoms with Crippen LogP contribution in [0.5, 0.6) is 5.75 Å². The summed E-state index contributed by atoms with van der Waals surface area (Å²) in [5.74, 6) is 4.47. The van der Waals surface area contributed by atoms with Gasteiger partial charge in [0.05, 0.1) is 5.56 Å². The number of aliphatic hydroxyl groups is 1. The summed E-state index contributed by atoms with van der Waals surface area (Å²) in [7, 11) is 0. The van der Waals surface area contributed by atoms with Gasteiger partial charge in [0.2, 0.25) is 0 Å². The summed E-state index contributed by atoms with van der Waals surface area (Å²) in [6.07, 6.45) is 0. The van der Waals surface area contributed by atoms with Crippen LogP contribution in [0, 0.1) is 23.5 Å². The normalized spacial score (nSPS) is 9.90. The summed E-state index contributed by atoms with van der Waals surface area (Å²) in [5.41, 5.74) is 0.777. The maximum Gasteiger partial charge on any atom is 0.135 e. The average molecular weight is 309 g/mol. The Balaban J connectivity index is 2.21. The fraction of sp³-hybridized carbons (Fsp3) is 0.125. The van der Waals surface area contributed by atoms with Gasteiger partial charge in [-0.2, -0.15) is 0 Å². The Bertz CT molecular complexity index is 705. The molecule has 0 atom stereocenters. The Hall–Kier alpha value is -2.09. The lowest BCUT2D eigenvalue weighted by Gasteiger charge is -2.10. The Morgan fingerprint density at radius 3 is 2.57 bits per heavy atom. The van der Waals surface area contributed by atoms with Crippen molar-refractivity contribution in [3.8, 4) is 17.6 Å². The molecule has 5 heteroatoms. The minimum absolute atomic E-state index is 0.0238. The molecule has 0 bridgehead atoms. The smallest absolute Gasteiger partial charge is 0.135 e. The van der Waals surface area contributed by atoms with Gasteiger partial charge < -0.3 is 9.84 Å². The van der Waals surface area contributed by atoms with E-state index in [9.17, 15) is 8.78 Å². The lowest BCUT2D eigenvalue weighted by molar-refractivity contribution is 0.304.